The molecule has 5 heteroatoms. The summed E-state index contributed by atoms with van der Waals surface area (Å²) in [7, 11) is 0. The molecule has 0 bridgehead atoms. The first-order valence-electron chi connectivity index (χ1n) is 6.41. The summed E-state index contributed by atoms with van der Waals surface area (Å²) < 4.78 is 0. The SMILES string of the molecule is CCC1C(=O)NCCN1C(CN)c1cccnc1. The van der Waals surface area contributed by atoms with E-state index in [4.69, 9.17) is 5.73 Å². The molecule has 2 heterocycles. The van der Waals surface area contributed by atoms with Gasteiger partial charge in [0.05, 0.1) is 6.04 Å². The van der Waals surface area contributed by atoms with Gasteiger partial charge in [0.25, 0.3) is 0 Å². The fourth-order valence-corrected chi connectivity index (χ4v) is 2.56. The van der Waals surface area contributed by atoms with Crippen molar-refractivity contribution in [1.82, 2.24) is 15.2 Å². The van der Waals surface area contributed by atoms with Gasteiger partial charge in [0.2, 0.25) is 5.91 Å². The van der Waals surface area contributed by atoms with Crippen molar-refractivity contribution < 1.29 is 4.79 Å². The number of aromatic nitrogens is 1. The van der Waals surface area contributed by atoms with Crippen molar-refractivity contribution in [3.8, 4) is 0 Å². The highest BCUT2D eigenvalue weighted by molar-refractivity contribution is 5.82. The van der Waals surface area contributed by atoms with Crippen molar-refractivity contribution in [2.24, 2.45) is 5.73 Å². The molecule has 0 spiro atoms. The van der Waals surface area contributed by atoms with Crippen LogP contribution in [0.3, 0.4) is 0 Å². The molecule has 2 atom stereocenters. The van der Waals surface area contributed by atoms with Gasteiger partial charge in [0.15, 0.2) is 0 Å². The van der Waals surface area contributed by atoms with Gasteiger partial charge in [-0.15, -0.1) is 0 Å². The van der Waals surface area contributed by atoms with E-state index in [-0.39, 0.29) is 18.0 Å². The number of nitrogens with two attached hydrogens (primary N) is 1. The standard InChI is InChI=1S/C13H20N4O/c1-2-11-13(18)16-6-7-17(11)12(8-14)10-4-3-5-15-9-10/h3-5,9,11-12H,2,6-8,14H2,1H3,(H,16,18). The summed E-state index contributed by atoms with van der Waals surface area (Å²) in [6.07, 6.45) is 4.37. The normalized spacial score (nSPS) is 22.6. The number of nitrogens with zero attached hydrogens (tertiary/aromatic N) is 2. The number of amides is 1. The molecule has 1 aliphatic heterocycles. The van der Waals surface area contributed by atoms with Crippen molar-refractivity contribution in [1.29, 1.82) is 0 Å². The second-order valence-electron chi connectivity index (χ2n) is 4.49. The van der Waals surface area contributed by atoms with E-state index in [2.05, 4.69) is 15.2 Å². The number of rotatable bonds is 4. The first-order valence-corrected chi connectivity index (χ1v) is 6.41. The molecule has 0 saturated carbocycles. The van der Waals surface area contributed by atoms with Crippen molar-refractivity contribution in [2.45, 2.75) is 25.4 Å². The van der Waals surface area contributed by atoms with Crippen molar-refractivity contribution in [3.05, 3.63) is 30.1 Å². The zero-order valence-corrected chi connectivity index (χ0v) is 10.7. The minimum Gasteiger partial charge on any atom is -0.353 e. The van der Waals surface area contributed by atoms with Crippen molar-refractivity contribution in [2.75, 3.05) is 19.6 Å². The largest absolute Gasteiger partial charge is 0.353 e. The fourth-order valence-electron chi connectivity index (χ4n) is 2.56. The van der Waals surface area contributed by atoms with Crippen LogP contribution in [0.1, 0.15) is 24.9 Å². The molecular formula is C13H20N4O. The maximum Gasteiger partial charge on any atom is 0.237 e. The van der Waals surface area contributed by atoms with Crippen LogP contribution in [-0.2, 0) is 4.79 Å². The lowest BCUT2D eigenvalue weighted by atomic mass is 10.0. The molecule has 1 fully saturated rings. The molecule has 98 valence electrons. The summed E-state index contributed by atoms with van der Waals surface area (Å²) in [5.41, 5.74) is 6.97. The molecule has 0 aromatic carbocycles. The Hall–Kier alpha value is -1.46. The van der Waals surface area contributed by atoms with Gasteiger partial charge in [0.1, 0.15) is 0 Å². The zero-order chi connectivity index (χ0) is 13.0. The van der Waals surface area contributed by atoms with Crippen molar-refractivity contribution >= 4 is 5.91 Å². The third kappa shape index (κ3) is 2.52. The number of pyridine rings is 1. The Labute approximate surface area is 107 Å². The average molecular weight is 248 g/mol. The van der Waals surface area contributed by atoms with Gasteiger partial charge in [-0.1, -0.05) is 13.0 Å². The molecule has 3 N–H and O–H groups in total. The molecular weight excluding hydrogens is 228 g/mol. The summed E-state index contributed by atoms with van der Waals surface area (Å²) in [5, 5.41) is 2.91. The van der Waals surface area contributed by atoms with Gasteiger partial charge in [-0.2, -0.15) is 0 Å². The molecule has 5 nitrogen and oxygen atoms in total. The third-order valence-corrected chi connectivity index (χ3v) is 3.45. The van der Waals surface area contributed by atoms with Gasteiger partial charge < -0.3 is 11.1 Å². The predicted molar refractivity (Wildman–Crippen MR) is 69.8 cm³/mol. The summed E-state index contributed by atoms with van der Waals surface area (Å²) >= 11 is 0. The Balaban J connectivity index is 2.23. The summed E-state index contributed by atoms with van der Waals surface area (Å²) in [5.74, 6) is 0.103. The van der Waals surface area contributed by atoms with Crippen LogP contribution in [0.5, 0.6) is 0 Å². The van der Waals surface area contributed by atoms with Gasteiger partial charge in [0, 0.05) is 38.1 Å². The molecule has 1 aromatic heterocycles. The van der Waals surface area contributed by atoms with Crippen LogP contribution in [0.15, 0.2) is 24.5 Å². The average Bonchev–Trinajstić information content (AvgIpc) is 2.41. The highest BCUT2D eigenvalue weighted by Crippen LogP contribution is 2.23. The Morgan fingerprint density at radius 1 is 1.67 bits per heavy atom. The van der Waals surface area contributed by atoms with Gasteiger partial charge in [-0.25, -0.2) is 0 Å². The van der Waals surface area contributed by atoms with E-state index in [9.17, 15) is 4.79 Å². The number of hydrogen-bond acceptors (Lipinski definition) is 4. The molecule has 1 aliphatic rings. The first-order chi connectivity index (χ1) is 8.77. The highest BCUT2D eigenvalue weighted by atomic mass is 16.2. The van der Waals surface area contributed by atoms with Crippen LogP contribution in [0, 0.1) is 0 Å². The molecule has 2 rings (SSSR count). The Bertz CT molecular complexity index is 395. The van der Waals surface area contributed by atoms with E-state index in [1.54, 1.807) is 6.20 Å². The number of nitrogens with one attached hydrogen (secondary N) is 1. The predicted octanol–water partition coefficient (Wildman–Crippen LogP) is 0.292. The summed E-state index contributed by atoms with van der Waals surface area (Å²) in [6.45, 7) is 4.04. The van der Waals surface area contributed by atoms with Crippen molar-refractivity contribution in [3.63, 3.8) is 0 Å². The monoisotopic (exact) mass is 248 g/mol. The minimum absolute atomic E-state index is 0.0645. The van der Waals surface area contributed by atoms with Crippen LogP contribution in [0.4, 0.5) is 0 Å². The van der Waals surface area contributed by atoms with Gasteiger partial charge in [-0.3, -0.25) is 14.7 Å². The van der Waals surface area contributed by atoms with Gasteiger partial charge in [-0.05, 0) is 18.1 Å². The van der Waals surface area contributed by atoms with E-state index in [1.807, 2.05) is 25.3 Å². The van der Waals surface area contributed by atoms with E-state index in [0.717, 1.165) is 18.5 Å². The second-order valence-corrected chi connectivity index (χ2v) is 4.49. The number of carbonyl (C=O) groups is 1. The Kier molecular flexibility index (Phi) is 4.28. The lowest BCUT2D eigenvalue weighted by Gasteiger charge is -2.39. The van der Waals surface area contributed by atoms with E-state index in [1.165, 1.54) is 0 Å². The number of hydrogen-bond donors (Lipinski definition) is 2. The zero-order valence-electron chi connectivity index (χ0n) is 10.7. The Morgan fingerprint density at radius 3 is 3.11 bits per heavy atom. The maximum atomic E-state index is 11.9. The lowest BCUT2D eigenvalue weighted by molar-refractivity contribution is -0.130. The summed E-state index contributed by atoms with van der Waals surface area (Å²) in [4.78, 5) is 18.2. The minimum atomic E-state index is -0.0903. The van der Waals surface area contributed by atoms with Crippen LogP contribution in [0.25, 0.3) is 0 Å². The highest BCUT2D eigenvalue weighted by Gasteiger charge is 2.33. The van der Waals surface area contributed by atoms with Crippen LogP contribution < -0.4 is 11.1 Å². The fraction of sp³-hybridized carbons (Fsp3) is 0.538. The number of carbonyl (C=O) groups excluding carboxylic acids is 1. The quantitative estimate of drug-likeness (QED) is 0.803. The van der Waals surface area contributed by atoms with E-state index in [0.29, 0.717) is 13.1 Å². The molecule has 2 unspecified atom stereocenters. The first kappa shape index (κ1) is 13.0. The molecule has 18 heavy (non-hydrogen) atoms. The molecule has 0 aliphatic carbocycles. The Morgan fingerprint density at radius 2 is 2.50 bits per heavy atom. The molecule has 1 amide bonds. The molecule has 1 saturated heterocycles. The third-order valence-electron chi connectivity index (χ3n) is 3.45. The molecule has 0 radical (unpaired) electrons. The van der Waals surface area contributed by atoms with Gasteiger partial charge >= 0.3 is 0 Å². The maximum absolute atomic E-state index is 11.9. The number of piperazine rings is 1. The van der Waals surface area contributed by atoms with Crippen LogP contribution in [0.2, 0.25) is 0 Å². The topological polar surface area (TPSA) is 71.2 Å². The van der Waals surface area contributed by atoms with Crippen LogP contribution >= 0.6 is 0 Å². The van der Waals surface area contributed by atoms with E-state index < -0.39 is 0 Å². The smallest absolute Gasteiger partial charge is 0.237 e. The van der Waals surface area contributed by atoms with Crippen LogP contribution in [-0.4, -0.2) is 41.5 Å². The molecule has 1 aromatic rings. The van der Waals surface area contributed by atoms with E-state index >= 15 is 0 Å². The summed E-state index contributed by atoms with van der Waals surface area (Å²) in [6, 6.07) is 3.90. The second kappa shape index (κ2) is 5.93. The lowest BCUT2D eigenvalue weighted by Crippen LogP contribution is -2.56.